The second-order valence-electron chi connectivity index (χ2n) is 4.83. The minimum atomic E-state index is 0.683. The van der Waals surface area contributed by atoms with Crippen LogP contribution in [0.25, 0.3) is 26.9 Å². The Kier molecular flexibility index (Phi) is 3.48. The number of nitrogens with zero attached hydrogens (tertiary/aromatic N) is 4. The van der Waals surface area contributed by atoms with Gasteiger partial charge >= 0.3 is 0 Å². The smallest absolute Gasteiger partial charge is 0.235 e. The summed E-state index contributed by atoms with van der Waals surface area (Å²) >= 11 is 7.41. The molecule has 0 aliphatic carbocycles. The zero-order chi connectivity index (χ0) is 15.8. The zero-order valence-corrected chi connectivity index (χ0v) is 13.7. The van der Waals surface area contributed by atoms with Crippen LogP contribution in [-0.2, 0) is 0 Å². The Labute approximate surface area is 141 Å². The summed E-state index contributed by atoms with van der Waals surface area (Å²) in [5.74, 6) is 1.47. The van der Waals surface area contributed by atoms with Crippen LogP contribution in [0.5, 0.6) is 5.75 Å². The maximum absolute atomic E-state index is 5.94. The number of rotatable bonds is 3. The van der Waals surface area contributed by atoms with Crippen LogP contribution in [0.4, 0.5) is 0 Å². The molecule has 0 aliphatic rings. The molecular weight excluding hydrogens is 332 g/mol. The van der Waals surface area contributed by atoms with Gasteiger partial charge in [-0.3, -0.25) is 0 Å². The maximum atomic E-state index is 5.94. The second-order valence-corrected chi connectivity index (χ2v) is 6.22. The molecule has 0 N–H and O–H groups in total. The minimum absolute atomic E-state index is 0.683. The van der Waals surface area contributed by atoms with Crippen LogP contribution in [0, 0.1) is 0 Å². The quantitative estimate of drug-likeness (QED) is 0.560. The van der Waals surface area contributed by atoms with Crippen molar-refractivity contribution in [2.75, 3.05) is 7.11 Å². The third-order valence-corrected chi connectivity index (χ3v) is 4.61. The molecule has 0 spiro atoms. The Morgan fingerprint density at radius 3 is 2.61 bits per heavy atom. The first-order valence-electron chi connectivity index (χ1n) is 6.88. The van der Waals surface area contributed by atoms with Crippen LogP contribution in [0.1, 0.15) is 0 Å². The highest BCUT2D eigenvalue weighted by Gasteiger charge is 2.16. The van der Waals surface area contributed by atoms with Gasteiger partial charge in [0.05, 0.1) is 12.7 Å². The van der Waals surface area contributed by atoms with Gasteiger partial charge in [-0.15, -0.1) is 10.2 Å². The first kappa shape index (κ1) is 14.2. The molecule has 114 valence electrons. The normalized spacial score (nSPS) is 11.0. The van der Waals surface area contributed by atoms with Gasteiger partial charge in [-0.2, -0.15) is 9.61 Å². The monoisotopic (exact) mass is 342 g/mol. The van der Waals surface area contributed by atoms with Crippen molar-refractivity contribution < 1.29 is 4.74 Å². The lowest BCUT2D eigenvalue weighted by molar-refractivity contribution is 0.416. The van der Waals surface area contributed by atoms with E-state index < -0.39 is 0 Å². The van der Waals surface area contributed by atoms with E-state index in [1.54, 1.807) is 11.6 Å². The third kappa shape index (κ3) is 2.46. The molecule has 2 aromatic heterocycles. The van der Waals surface area contributed by atoms with Crippen molar-refractivity contribution in [1.29, 1.82) is 0 Å². The fourth-order valence-corrected chi connectivity index (χ4v) is 3.32. The van der Waals surface area contributed by atoms with E-state index in [2.05, 4.69) is 15.3 Å². The highest BCUT2D eigenvalue weighted by atomic mass is 35.5. The average molecular weight is 343 g/mol. The average Bonchev–Trinajstić information content (AvgIpc) is 3.16. The molecule has 4 rings (SSSR count). The van der Waals surface area contributed by atoms with Crippen molar-refractivity contribution in [1.82, 2.24) is 19.8 Å². The lowest BCUT2D eigenvalue weighted by atomic mass is 10.2. The standard InChI is InChI=1S/C16H11ClN4OS/c1-22-13-5-3-2-4-12(13)15-20-21-14(18-19-16(21)23-15)10-6-8-11(17)9-7-10/h2-9H,1H3. The molecule has 2 heterocycles. The van der Waals surface area contributed by atoms with Gasteiger partial charge < -0.3 is 4.74 Å². The molecule has 0 atom stereocenters. The van der Waals surface area contributed by atoms with Crippen LogP contribution in [0.3, 0.4) is 0 Å². The van der Waals surface area contributed by atoms with Gasteiger partial charge in [0, 0.05) is 10.6 Å². The number of fused-ring (bicyclic) bond motifs is 1. The van der Waals surface area contributed by atoms with E-state index >= 15 is 0 Å². The molecule has 0 saturated carbocycles. The summed E-state index contributed by atoms with van der Waals surface area (Å²) in [6.45, 7) is 0. The highest BCUT2D eigenvalue weighted by Crippen LogP contribution is 2.33. The van der Waals surface area contributed by atoms with Crippen LogP contribution in [0.2, 0.25) is 5.02 Å². The molecule has 23 heavy (non-hydrogen) atoms. The van der Waals surface area contributed by atoms with Gasteiger partial charge in [-0.25, -0.2) is 0 Å². The first-order chi connectivity index (χ1) is 11.3. The molecule has 7 heteroatoms. The van der Waals surface area contributed by atoms with Crippen LogP contribution in [0.15, 0.2) is 48.5 Å². The van der Waals surface area contributed by atoms with Gasteiger partial charge in [0.2, 0.25) is 4.96 Å². The van der Waals surface area contributed by atoms with Crippen molar-refractivity contribution in [3.05, 3.63) is 53.6 Å². The molecule has 0 fully saturated rings. The van der Waals surface area contributed by atoms with Crippen LogP contribution >= 0.6 is 22.9 Å². The summed E-state index contributed by atoms with van der Waals surface area (Å²) in [7, 11) is 1.65. The summed E-state index contributed by atoms with van der Waals surface area (Å²) in [4.78, 5) is 0.732. The molecule has 0 radical (unpaired) electrons. The summed E-state index contributed by atoms with van der Waals surface area (Å²) in [5, 5.41) is 14.6. The van der Waals surface area contributed by atoms with E-state index in [9.17, 15) is 0 Å². The molecule has 2 aromatic carbocycles. The van der Waals surface area contributed by atoms with Gasteiger partial charge in [0.1, 0.15) is 5.75 Å². The molecule has 0 aliphatic heterocycles. The molecule has 0 saturated heterocycles. The predicted octanol–water partition coefficient (Wildman–Crippen LogP) is 4.18. The predicted molar refractivity (Wildman–Crippen MR) is 91.1 cm³/mol. The second kappa shape index (κ2) is 5.64. The van der Waals surface area contributed by atoms with E-state index in [1.807, 2.05) is 48.5 Å². The number of aromatic nitrogens is 4. The molecule has 5 nitrogen and oxygen atoms in total. The number of hydrogen-bond donors (Lipinski definition) is 0. The maximum Gasteiger partial charge on any atom is 0.235 e. The SMILES string of the molecule is COc1ccccc1-c1nn2c(-c3ccc(Cl)cc3)nnc2s1. The number of halogens is 1. The summed E-state index contributed by atoms with van der Waals surface area (Å²) in [5.41, 5.74) is 1.85. The van der Waals surface area contributed by atoms with E-state index in [0.29, 0.717) is 10.8 Å². The number of methoxy groups -OCH3 is 1. The van der Waals surface area contributed by atoms with Crippen LogP contribution in [-0.4, -0.2) is 26.9 Å². The van der Waals surface area contributed by atoms with Crippen molar-refractivity contribution in [3.63, 3.8) is 0 Å². The topological polar surface area (TPSA) is 52.3 Å². The lowest BCUT2D eigenvalue weighted by Crippen LogP contribution is -1.92. The van der Waals surface area contributed by atoms with E-state index in [1.165, 1.54) is 11.3 Å². The largest absolute Gasteiger partial charge is 0.496 e. The highest BCUT2D eigenvalue weighted by molar-refractivity contribution is 7.19. The molecule has 0 unspecified atom stereocenters. The van der Waals surface area contributed by atoms with E-state index in [-0.39, 0.29) is 0 Å². The Morgan fingerprint density at radius 2 is 1.83 bits per heavy atom. The fourth-order valence-electron chi connectivity index (χ4n) is 2.33. The Bertz CT molecular complexity index is 977. The number of hydrogen-bond acceptors (Lipinski definition) is 5. The van der Waals surface area contributed by atoms with Crippen LogP contribution < -0.4 is 4.74 Å². The summed E-state index contributed by atoms with van der Waals surface area (Å²) < 4.78 is 7.15. The number of benzene rings is 2. The van der Waals surface area contributed by atoms with Crippen molar-refractivity contribution >= 4 is 27.9 Å². The molecule has 0 bridgehead atoms. The van der Waals surface area contributed by atoms with Crippen molar-refractivity contribution in [2.45, 2.75) is 0 Å². The van der Waals surface area contributed by atoms with E-state index in [4.69, 9.17) is 16.3 Å². The fraction of sp³-hybridized carbons (Fsp3) is 0.0625. The Hall–Kier alpha value is -2.44. The molecular formula is C16H11ClN4OS. The van der Waals surface area contributed by atoms with Crippen molar-refractivity contribution in [2.24, 2.45) is 0 Å². The van der Waals surface area contributed by atoms with Gasteiger partial charge in [-0.1, -0.05) is 35.1 Å². The zero-order valence-electron chi connectivity index (χ0n) is 12.1. The Morgan fingerprint density at radius 1 is 1.04 bits per heavy atom. The number of ether oxygens (including phenoxy) is 1. The minimum Gasteiger partial charge on any atom is -0.496 e. The van der Waals surface area contributed by atoms with Gasteiger partial charge in [0.25, 0.3) is 0 Å². The summed E-state index contributed by atoms with van der Waals surface area (Å²) in [6, 6.07) is 15.2. The first-order valence-corrected chi connectivity index (χ1v) is 8.07. The third-order valence-electron chi connectivity index (χ3n) is 3.43. The van der Waals surface area contributed by atoms with Gasteiger partial charge in [0.15, 0.2) is 10.8 Å². The summed E-state index contributed by atoms with van der Waals surface area (Å²) in [6.07, 6.45) is 0. The van der Waals surface area contributed by atoms with Crippen molar-refractivity contribution in [3.8, 4) is 27.7 Å². The molecule has 4 aromatic rings. The lowest BCUT2D eigenvalue weighted by Gasteiger charge is -2.04. The van der Waals surface area contributed by atoms with E-state index in [0.717, 1.165) is 26.8 Å². The molecule has 0 amide bonds. The van der Waals surface area contributed by atoms with Gasteiger partial charge in [-0.05, 0) is 36.4 Å². The number of para-hydroxylation sites is 1. The Balaban J connectivity index is 1.85.